The monoisotopic (exact) mass is 397 g/mol. The van der Waals surface area contributed by atoms with E-state index in [9.17, 15) is 22.8 Å². The molecule has 2 aromatic rings. The predicted molar refractivity (Wildman–Crippen MR) is 93.2 cm³/mol. The van der Waals surface area contributed by atoms with Gasteiger partial charge in [0, 0.05) is 0 Å². The van der Waals surface area contributed by atoms with E-state index in [-0.39, 0.29) is 12.3 Å². The van der Waals surface area contributed by atoms with E-state index < -0.39 is 42.0 Å². The molecule has 10 heteroatoms. The Balaban J connectivity index is 2.40. The Bertz CT molecular complexity index is 877. The molecule has 2 N–H and O–H groups in total. The summed E-state index contributed by atoms with van der Waals surface area (Å²) in [6.07, 6.45) is -2.77. The Morgan fingerprint density at radius 1 is 1.39 bits per heavy atom. The molecule has 1 unspecified atom stereocenters. The number of rotatable bonds is 8. The van der Waals surface area contributed by atoms with Crippen LogP contribution in [0, 0.1) is 6.92 Å². The van der Waals surface area contributed by atoms with Crippen LogP contribution in [0.25, 0.3) is 5.69 Å². The molecule has 0 bridgehead atoms. The van der Waals surface area contributed by atoms with E-state index in [1.807, 2.05) is 5.32 Å². The van der Waals surface area contributed by atoms with Crippen LogP contribution in [0.1, 0.15) is 21.6 Å². The van der Waals surface area contributed by atoms with Gasteiger partial charge in [-0.15, -0.1) is 6.58 Å². The number of para-hydroxylation sites is 1. The number of alkyl halides is 3. The average molecular weight is 397 g/mol. The number of nitrogens with one attached hydrogen (secondary N) is 1. The third-order valence-electron chi connectivity index (χ3n) is 3.75. The van der Waals surface area contributed by atoms with Crippen LogP contribution in [0.4, 0.5) is 13.2 Å². The van der Waals surface area contributed by atoms with Crippen molar-refractivity contribution in [3.05, 3.63) is 59.9 Å². The summed E-state index contributed by atoms with van der Waals surface area (Å²) < 4.78 is 46.6. The van der Waals surface area contributed by atoms with Crippen LogP contribution < -0.4 is 5.32 Å². The highest BCUT2D eigenvalue weighted by atomic mass is 19.4. The summed E-state index contributed by atoms with van der Waals surface area (Å²) in [5.74, 6) is -2.67. The van der Waals surface area contributed by atoms with Gasteiger partial charge in [0.15, 0.2) is 11.7 Å². The molecule has 1 heterocycles. The molecule has 0 saturated heterocycles. The van der Waals surface area contributed by atoms with Crippen molar-refractivity contribution in [2.75, 3.05) is 13.2 Å². The third-order valence-corrected chi connectivity index (χ3v) is 3.75. The Labute approximate surface area is 158 Å². The first-order chi connectivity index (χ1) is 13.2. The Hall–Kier alpha value is -3.14. The summed E-state index contributed by atoms with van der Waals surface area (Å²) in [5, 5.41) is 14.9. The molecular formula is C18H18F3N3O4. The summed E-state index contributed by atoms with van der Waals surface area (Å²) in [7, 11) is 0. The van der Waals surface area contributed by atoms with Crippen molar-refractivity contribution >= 4 is 11.9 Å². The average Bonchev–Trinajstić information content (AvgIpc) is 3.06. The zero-order valence-electron chi connectivity index (χ0n) is 14.9. The molecule has 28 heavy (non-hydrogen) atoms. The molecule has 0 aliphatic heterocycles. The molecule has 0 aliphatic carbocycles. The topological polar surface area (TPSA) is 93.5 Å². The van der Waals surface area contributed by atoms with Gasteiger partial charge in [-0.05, 0) is 18.6 Å². The SMILES string of the molecule is C=CCOCC(NC(=O)c1cnn(-c2ccccc2C)c1C(F)(F)F)C(=O)O. The van der Waals surface area contributed by atoms with Crippen molar-refractivity contribution in [1.29, 1.82) is 0 Å². The summed E-state index contributed by atoms with van der Waals surface area (Å²) in [6.45, 7) is 4.59. The highest BCUT2D eigenvalue weighted by molar-refractivity contribution is 5.97. The largest absolute Gasteiger partial charge is 0.480 e. The lowest BCUT2D eigenvalue weighted by Gasteiger charge is -2.16. The van der Waals surface area contributed by atoms with Crippen LogP contribution in [0.2, 0.25) is 0 Å². The van der Waals surface area contributed by atoms with Crippen molar-refractivity contribution in [1.82, 2.24) is 15.1 Å². The maximum absolute atomic E-state index is 13.7. The second kappa shape index (κ2) is 8.70. The zero-order chi connectivity index (χ0) is 20.9. The fraction of sp³-hybridized carbons (Fsp3) is 0.278. The highest BCUT2D eigenvalue weighted by Gasteiger charge is 2.41. The number of benzene rings is 1. The number of carbonyl (C=O) groups excluding carboxylic acids is 1. The van der Waals surface area contributed by atoms with E-state index >= 15 is 0 Å². The van der Waals surface area contributed by atoms with E-state index in [4.69, 9.17) is 9.84 Å². The number of aryl methyl sites for hydroxylation is 1. The number of amides is 1. The van der Waals surface area contributed by atoms with Crippen LogP contribution in [0.15, 0.2) is 43.1 Å². The first-order valence-electron chi connectivity index (χ1n) is 8.10. The van der Waals surface area contributed by atoms with Gasteiger partial charge in [0.1, 0.15) is 0 Å². The van der Waals surface area contributed by atoms with Crippen LogP contribution >= 0.6 is 0 Å². The van der Waals surface area contributed by atoms with Gasteiger partial charge in [-0.2, -0.15) is 18.3 Å². The van der Waals surface area contributed by atoms with Crippen LogP contribution in [0.3, 0.4) is 0 Å². The number of hydrogen-bond acceptors (Lipinski definition) is 4. The molecule has 0 aliphatic rings. The lowest BCUT2D eigenvalue weighted by molar-refractivity contribution is -0.143. The van der Waals surface area contributed by atoms with Gasteiger partial charge in [0.05, 0.1) is 30.7 Å². The minimum atomic E-state index is -4.90. The number of aromatic nitrogens is 2. The Kier molecular flexibility index (Phi) is 6.57. The number of carboxylic acid groups (broad SMARTS) is 1. The zero-order valence-corrected chi connectivity index (χ0v) is 14.9. The summed E-state index contributed by atoms with van der Waals surface area (Å²) in [6, 6.07) is 4.71. The van der Waals surface area contributed by atoms with Crippen molar-refractivity contribution in [3.63, 3.8) is 0 Å². The van der Waals surface area contributed by atoms with Gasteiger partial charge in [0.2, 0.25) is 0 Å². The molecule has 0 spiro atoms. The second-order valence-electron chi connectivity index (χ2n) is 5.79. The third kappa shape index (κ3) is 4.77. The molecule has 1 amide bonds. The van der Waals surface area contributed by atoms with Gasteiger partial charge in [-0.1, -0.05) is 24.3 Å². The molecule has 0 radical (unpaired) electrons. The van der Waals surface area contributed by atoms with Crippen molar-refractivity contribution in [2.45, 2.75) is 19.1 Å². The normalized spacial score (nSPS) is 12.4. The molecular weight excluding hydrogens is 379 g/mol. The highest BCUT2D eigenvalue weighted by Crippen LogP contribution is 2.34. The second-order valence-corrected chi connectivity index (χ2v) is 5.79. The molecule has 2 rings (SSSR count). The quantitative estimate of drug-likeness (QED) is 0.528. The number of carboxylic acids is 1. The molecule has 1 atom stereocenters. The summed E-state index contributed by atoms with van der Waals surface area (Å²) in [4.78, 5) is 23.6. The molecule has 0 fully saturated rings. The predicted octanol–water partition coefficient (Wildman–Crippen LogP) is 2.59. The summed E-state index contributed by atoms with van der Waals surface area (Å²) >= 11 is 0. The number of ether oxygens (including phenoxy) is 1. The molecule has 7 nitrogen and oxygen atoms in total. The standard InChI is InChI=1S/C18H18F3N3O4/c1-3-8-28-10-13(17(26)27)23-16(25)12-9-22-24(15(12)18(19,20)21)14-7-5-4-6-11(14)2/h3-7,9,13H,1,8,10H2,2H3,(H,23,25)(H,26,27). The van der Waals surface area contributed by atoms with Gasteiger partial charge in [-0.25, -0.2) is 9.48 Å². The fourth-order valence-corrected chi connectivity index (χ4v) is 2.45. The Morgan fingerprint density at radius 3 is 2.64 bits per heavy atom. The lowest BCUT2D eigenvalue weighted by atomic mass is 10.1. The summed E-state index contributed by atoms with van der Waals surface area (Å²) in [5.41, 5.74) is -1.41. The van der Waals surface area contributed by atoms with E-state index in [1.54, 1.807) is 25.1 Å². The number of halogens is 3. The van der Waals surface area contributed by atoms with Crippen molar-refractivity contribution < 1.29 is 32.6 Å². The molecule has 1 aromatic heterocycles. The number of hydrogen-bond donors (Lipinski definition) is 2. The van der Waals surface area contributed by atoms with Gasteiger partial charge in [-0.3, -0.25) is 4.79 Å². The minimum absolute atomic E-state index is 0.0265. The van der Waals surface area contributed by atoms with E-state index in [0.717, 1.165) is 6.20 Å². The van der Waals surface area contributed by atoms with Gasteiger partial charge >= 0.3 is 12.1 Å². The number of carbonyl (C=O) groups is 2. The van der Waals surface area contributed by atoms with Gasteiger partial charge in [0.25, 0.3) is 5.91 Å². The van der Waals surface area contributed by atoms with E-state index in [0.29, 0.717) is 10.2 Å². The van der Waals surface area contributed by atoms with Crippen molar-refractivity contribution in [3.8, 4) is 5.69 Å². The first-order valence-corrected chi connectivity index (χ1v) is 8.10. The molecule has 150 valence electrons. The maximum atomic E-state index is 13.7. The molecule has 0 saturated carbocycles. The lowest BCUT2D eigenvalue weighted by Crippen LogP contribution is -2.44. The van der Waals surface area contributed by atoms with Crippen LogP contribution in [-0.4, -0.2) is 46.0 Å². The van der Waals surface area contributed by atoms with Crippen LogP contribution in [-0.2, 0) is 15.7 Å². The van der Waals surface area contributed by atoms with Crippen LogP contribution in [0.5, 0.6) is 0 Å². The smallest absolute Gasteiger partial charge is 0.434 e. The number of nitrogens with zero attached hydrogens (tertiary/aromatic N) is 2. The Morgan fingerprint density at radius 2 is 2.07 bits per heavy atom. The minimum Gasteiger partial charge on any atom is -0.480 e. The maximum Gasteiger partial charge on any atom is 0.434 e. The first kappa shape index (κ1) is 21.2. The van der Waals surface area contributed by atoms with Crippen molar-refractivity contribution in [2.24, 2.45) is 0 Å². The number of aliphatic carboxylic acids is 1. The van der Waals surface area contributed by atoms with E-state index in [2.05, 4.69) is 11.7 Å². The fourth-order valence-electron chi connectivity index (χ4n) is 2.45. The van der Waals surface area contributed by atoms with Gasteiger partial charge < -0.3 is 15.2 Å². The molecule has 1 aromatic carbocycles. The van der Waals surface area contributed by atoms with E-state index in [1.165, 1.54) is 12.1 Å².